The van der Waals surface area contributed by atoms with E-state index in [-0.39, 0.29) is 11.4 Å². The van der Waals surface area contributed by atoms with Crippen LogP contribution in [0.15, 0.2) is 24.3 Å². The molecular weight excluding hydrogens is 215 g/mol. The first-order valence-electron chi connectivity index (χ1n) is 6.16. The van der Waals surface area contributed by atoms with Crippen LogP contribution in [0.25, 0.3) is 0 Å². The highest BCUT2D eigenvalue weighted by Crippen LogP contribution is 2.22. The van der Waals surface area contributed by atoms with E-state index in [1.807, 2.05) is 6.07 Å². The molecule has 2 rings (SSSR count). The third-order valence-corrected chi connectivity index (χ3v) is 3.51. The number of halogens is 1. The largest absolute Gasteiger partial charge is 0.310 e. The van der Waals surface area contributed by atoms with Crippen LogP contribution in [0.5, 0.6) is 0 Å². The fraction of sp³-hybridized carbons (Fsp3) is 0.571. The van der Waals surface area contributed by atoms with Crippen molar-refractivity contribution >= 4 is 0 Å². The van der Waals surface area contributed by atoms with Crippen LogP contribution in [0.3, 0.4) is 0 Å². The van der Waals surface area contributed by atoms with E-state index in [0.29, 0.717) is 6.04 Å². The van der Waals surface area contributed by atoms with E-state index in [0.717, 1.165) is 25.1 Å². The number of likely N-dealkylation sites (N-methyl/N-ethyl adjacent to an activating group) is 1. The summed E-state index contributed by atoms with van der Waals surface area (Å²) in [6.45, 7) is 6.27. The van der Waals surface area contributed by atoms with Crippen LogP contribution in [0.1, 0.15) is 25.8 Å². The van der Waals surface area contributed by atoms with Crippen molar-refractivity contribution in [3.05, 3.63) is 35.6 Å². The van der Waals surface area contributed by atoms with Crippen molar-refractivity contribution in [2.45, 2.75) is 38.4 Å². The van der Waals surface area contributed by atoms with Gasteiger partial charge in [-0.1, -0.05) is 12.1 Å². The molecule has 0 amide bonds. The molecule has 1 aromatic rings. The first kappa shape index (κ1) is 12.5. The Balaban J connectivity index is 1.96. The van der Waals surface area contributed by atoms with E-state index in [1.54, 1.807) is 12.1 Å². The summed E-state index contributed by atoms with van der Waals surface area (Å²) in [5.41, 5.74) is 1.26. The van der Waals surface area contributed by atoms with Gasteiger partial charge in [-0.15, -0.1) is 0 Å². The number of nitrogens with one attached hydrogen (secondary N) is 1. The van der Waals surface area contributed by atoms with E-state index in [9.17, 15) is 4.39 Å². The fourth-order valence-corrected chi connectivity index (χ4v) is 2.49. The normalized spacial score (nSPS) is 23.2. The van der Waals surface area contributed by atoms with Crippen LogP contribution < -0.4 is 5.32 Å². The molecule has 1 aromatic carbocycles. The van der Waals surface area contributed by atoms with Gasteiger partial charge in [-0.05, 0) is 45.0 Å². The summed E-state index contributed by atoms with van der Waals surface area (Å²) >= 11 is 0. The first-order valence-corrected chi connectivity index (χ1v) is 6.16. The summed E-state index contributed by atoms with van der Waals surface area (Å²) in [5.74, 6) is -0.152. The lowest BCUT2D eigenvalue weighted by Gasteiger charge is -2.25. The van der Waals surface area contributed by atoms with Crippen molar-refractivity contribution in [2.24, 2.45) is 0 Å². The fourth-order valence-electron chi connectivity index (χ4n) is 2.49. The third-order valence-electron chi connectivity index (χ3n) is 3.51. The van der Waals surface area contributed by atoms with E-state index >= 15 is 0 Å². The Kier molecular flexibility index (Phi) is 3.50. The highest BCUT2D eigenvalue weighted by molar-refractivity contribution is 5.16. The van der Waals surface area contributed by atoms with Crippen molar-refractivity contribution in [1.29, 1.82) is 0 Å². The Morgan fingerprint density at radius 1 is 1.47 bits per heavy atom. The predicted molar refractivity (Wildman–Crippen MR) is 68.4 cm³/mol. The van der Waals surface area contributed by atoms with E-state index < -0.39 is 0 Å². The molecule has 1 aliphatic heterocycles. The van der Waals surface area contributed by atoms with Crippen LogP contribution in [-0.4, -0.2) is 30.1 Å². The summed E-state index contributed by atoms with van der Waals surface area (Å²) in [7, 11) is 2.11. The summed E-state index contributed by atoms with van der Waals surface area (Å²) in [6, 6.07) is 7.39. The first-order chi connectivity index (χ1) is 7.96. The van der Waals surface area contributed by atoms with Gasteiger partial charge in [-0.2, -0.15) is 0 Å². The smallest absolute Gasteiger partial charge is 0.123 e. The van der Waals surface area contributed by atoms with Gasteiger partial charge in [-0.3, -0.25) is 4.90 Å². The molecule has 1 fully saturated rings. The maximum absolute atomic E-state index is 13.1. The number of hydrogen-bond donors (Lipinski definition) is 1. The second-order valence-corrected chi connectivity index (χ2v) is 5.67. The highest BCUT2D eigenvalue weighted by Gasteiger charge is 2.32. The predicted octanol–water partition coefficient (Wildman–Crippen LogP) is 2.40. The molecule has 1 heterocycles. The third kappa shape index (κ3) is 3.27. The lowest BCUT2D eigenvalue weighted by atomic mass is 10.0. The van der Waals surface area contributed by atoms with Gasteiger partial charge in [0.2, 0.25) is 0 Å². The average molecular weight is 236 g/mol. The molecule has 0 aromatic heterocycles. The van der Waals surface area contributed by atoms with Crippen molar-refractivity contribution in [3.63, 3.8) is 0 Å². The van der Waals surface area contributed by atoms with Crippen LogP contribution >= 0.6 is 0 Å². The SMILES string of the molecule is CN(Cc1cccc(F)c1)C1CNC(C)(C)C1. The standard InChI is InChI=1S/C14H21FN2/c1-14(2)8-13(9-16-14)17(3)10-11-5-4-6-12(15)7-11/h4-7,13,16H,8-10H2,1-3H3. The second-order valence-electron chi connectivity index (χ2n) is 5.67. The van der Waals surface area contributed by atoms with E-state index in [2.05, 4.69) is 31.1 Å². The molecule has 1 unspecified atom stereocenters. The maximum atomic E-state index is 13.1. The Labute approximate surface area is 103 Å². The zero-order valence-corrected chi connectivity index (χ0v) is 10.8. The molecule has 0 bridgehead atoms. The van der Waals surface area contributed by atoms with Crippen LogP contribution in [0.2, 0.25) is 0 Å². The molecule has 3 heteroatoms. The number of hydrogen-bond acceptors (Lipinski definition) is 2. The van der Waals surface area contributed by atoms with Gasteiger partial charge in [0.25, 0.3) is 0 Å². The molecule has 1 atom stereocenters. The van der Waals surface area contributed by atoms with Gasteiger partial charge in [0.05, 0.1) is 0 Å². The molecule has 0 radical (unpaired) electrons. The zero-order chi connectivity index (χ0) is 12.5. The topological polar surface area (TPSA) is 15.3 Å². The Bertz CT molecular complexity index is 390. The summed E-state index contributed by atoms with van der Waals surface area (Å²) in [5, 5.41) is 3.51. The maximum Gasteiger partial charge on any atom is 0.123 e. The minimum atomic E-state index is -0.152. The van der Waals surface area contributed by atoms with Crippen LogP contribution in [-0.2, 0) is 6.54 Å². The van der Waals surface area contributed by atoms with Crippen molar-refractivity contribution < 1.29 is 4.39 Å². The van der Waals surface area contributed by atoms with Gasteiger partial charge in [0, 0.05) is 24.7 Å². The van der Waals surface area contributed by atoms with E-state index in [1.165, 1.54) is 6.07 Å². The van der Waals surface area contributed by atoms with Crippen molar-refractivity contribution in [1.82, 2.24) is 10.2 Å². The summed E-state index contributed by atoms with van der Waals surface area (Å²) in [6.07, 6.45) is 1.14. The molecular formula is C14H21FN2. The second kappa shape index (κ2) is 4.75. The minimum Gasteiger partial charge on any atom is -0.310 e. The lowest BCUT2D eigenvalue weighted by molar-refractivity contribution is 0.240. The molecule has 17 heavy (non-hydrogen) atoms. The molecule has 1 saturated heterocycles. The molecule has 1 N–H and O–H groups in total. The molecule has 94 valence electrons. The van der Waals surface area contributed by atoms with E-state index in [4.69, 9.17) is 0 Å². The highest BCUT2D eigenvalue weighted by atomic mass is 19.1. The van der Waals surface area contributed by atoms with Crippen LogP contribution in [0, 0.1) is 5.82 Å². The Morgan fingerprint density at radius 3 is 2.82 bits per heavy atom. The molecule has 0 spiro atoms. The van der Waals surface area contributed by atoms with Gasteiger partial charge >= 0.3 is 0 Å². The van der Waals surface area contributed by atoms with Gasteiger partial charge in [0.1, 0.15) is 5.82 Å². The van der Waals surface area contributed by atoms with Crippen molar-refractivity contribution in [2.75, 3.05) is 13.6 Å². The quantitative estimate of drug-likeness (QED) is 0.867. The number of rotatable bonds is 3. The molecule has 2 nitrogen and oxygen atoms in total. The van der Waals surface area contributed by atoms with Crippen molar-refractivity contribution in [3.8, 4) is 0 Å². The number of benzene rings is 1. The van der Waals surface area contributed by atoms with Gasteiger partial charge < -0.3 is 5.32 Å². The zero-order valence-electron chi connectivity index (χ0n) is 10.8. The molecule has 0 aliphatic carbocycles. The average Bonchev–Trinajstić information content (AvgIpc) is 2.59. The Hall–Kier alpha value is -0.930. The van der Waals surface area contributed by atoms with Crippen LogP contribution in [0.4, 0.5) is 4.39 Å². The Morgan fingerprint density at radius 2 is 2.24 bits per heavy atom. The van der Waals surface area contributed by atoms with Gasteiger partial charge in [-0.25, -0.2) is 4.39 Å². The van der Waals surface area contributed by atoms with Gasteiger partial charge in [0.15, 0.2) is 0 Å². The monoisotopic (exact) mass is 236 g/mol. The molecule has 0 saturated carbocycles. The summed E-state index contributed by atoms with van der Waals surface area (Å²) < 4.78 is 13.1. The number of nitrogens with zero attached hydrogens (tertiary/aromatic N) is 1. The summed E-state index contributed by atoms with van der Waals surface area (Å²) in [4.78, 5) is 2.30. The minimum absolute atomic E-state index is 0.152. The molecule has 1 aliphatic rings. The lowest BCUT2D eigenvalue weighted by Crippen LogP contribution is -2.32.